The monoisotopic (exact) mass is 661 g/mol. The second kappa shape index (κ2) is 35.5. The number of aliphatic hydroxyl groups is 4. The second-order valence-corrected chi connectivity index (χ2v) is 13.5. The zero-order chi connectivity index (χ0) is 33.9. The number of ether oxygens (including phenoxy) is 2. The van der Waals surface area contributed by atoms with Crippen molar-refractivity contribution in [3.63, 3.8) is 0 Å². The van der Waals surface area contributed by atoms with Crippen LogP contribution in [0.5, 0.6) is 0 Å². The Morgan fingerprint density at radius 1 is 0.478 bits per heavy atom. The van der Waals surface area contributed by atoms with E-state index in [2.05, 4.69) is 6.92 Å². The van der Waals surface area contributed by atoms with Gasteiger partial charge >= 0.3 is 5.97 Å². The molecular formula is C38H76O8. The summed E-state index contributed by atoms with van der Waals surface area (Å²) in [7, 11) is 0. The number of hydrogen-bond acceptors (Lipinski definition) is 7. The molecule has 0 aliphatic rings. The molecule has 4 atom stereocenters. The van der Waals surface area contributed by atoms with E-state index in [0.717, 1.165) is 116 Å². The van der Waals surface area contributed by atoms with Crippen molar-refractivity contribution in [1.29, 1.82) is 0 Å². The molecule has 0 bridgehead atoms. The van der Waals surface area contributed by atoms with Crippen LogP contribution in [0.15, 0.2) is 0 Å². The number of aliphatic hydroxyl groups excluding tert-OH is 4. The molecule has 0 saturated heterocycles. The largest absolute Gasteiger partial charge is 0.481 e. The van der Waals surface area contributed by atoms with Crippen LogP contribution in [0.2, 0.25) is 0 Å². The molecule has 0 aliphatic carbocycles. The fraction of sp³-hybridized carbons (Fsp3) is 0.974. The Morgan fingerprint density at radius 3 is 1.17 bits per heavy atom. The highest BCUT2D eigenvalue weighted by molar-refractivity contribution is 5.66. The van der Waals surface area contributed by atoms with Crippen LogP contribution in [-0.4, -0.2) is 82.3 Å². The van der Waals surface area contributed by atoms with E-state index in [1.807, 2.05) is 0 Å². The average molecular weight is 661 g/mol. The Morgan fingerprint density at radius 2 is 0.804 bits per heavy atom. The Kier molecular flexibility index (Phi) is 34.9. The lowest BCUT2D eigenvalue weighted by Gasteiger charge is -2.32. The molecule has 0 spiro atoms. The van der Waals surface area contributed by atoms with Crippen molar-refractivity contribution < 1.29 is 39.8 Å². The summed E-state index contributed by atoms with van der Waals surface area (Å²) in [6.07, 6.45) is 25.1. The predicted octanol–water partition coefficient (Wildman–Crippen LogP) is 8.49. The van der Waals surface area contributed by atoms with Gasteiger partial charge in [-0.1, -0.05) is 135 Å². The van der Waals surface area contributed by atoms with Crippen LogP contribution < -0.4 is 0 Å². The summed E-state index contributed by atoms with van der Waals surface area (Å²) < 4.78 is 12.5. The Labute approximate surface area is 283 Å². The van der Waals surface area contributed by atoms with Crippen molar-refractivity contribution in [3.8, 4) is 0 Å². The van der Waals surface area contributed by atoms with Crippen LogP contribution in [0.3, 0.4) is 0 Å². The first-order valence-corrected chi connectivity index (χ1v) is 19.5. The quantitative estimate of drug-likeness (QED) is 0.0416. The smallest absolute Gasteiger partial charge is 0.303 e. The molecular weight excluding hydrogens is 584 g/mol. The van der Waals surface area contributed by atoms with Gasteiger partial charge in [-0.2, -0.15) is 0 Å². The van der Waals surface area contributed by atoms with E-state index in [-0.39, 0.29) is 19.6 Å². The summed E-state index contributed by atoms with van der Waals surface area (Å²) in [4.78, 5) is 10.8. The summed E-state index contributed by atoms with van der Waals surface area (Å²) in [5.41, 5.74) is 0. The van der Waals surface area contributed by atoms with Gasteiger partial charge in [0.25, 0.3) is 0 Å². The van der Waals surface area contributed by atoms with Crippen LogP contribution in [0.25, 0.3) is 0 Å². The maximum Gasteiger partial charge on any atom is 0.303 e. The zero-order valence-electron chi connectivity index (χ0n) is 29.9. The molecule has 4 unspecified atom stereocenters. The fourth-order valence-corrected chi connectivity index (χ4v) is 6.09. The van der Waals surface area contributed by atoms with Gasteiger partial charge in [0.05, 0.1) is 12.2 Å². The number of carboxylic acid groups (broad SMARTS) is 1. The Bertz CT molecular complexity index is 620. The minimum Gasteiger partial charge on any atom is -0.481 e. The molecule has 0 amide bonds. The van der Waals surface area contributed by atoms with E-state index in [1.165, 1.54) is 44.9 Å². The van der Waals surface area contributed by atoms with Crippen molar-refractivity contribution in [3.05, 3.63) is 0 Å². The number of rotatable bonds is 38. The molecule has 0 heterocycles. The van der Waals surface area contributed by atoms with Gasteiger partial charge < -0.3 is 35.0 Å². The second-order valence-electron chi connectivity index (χ2n) is 13.5. The lowest BCUT2D eigenvalue weighted by atomic mass is 9.95. The van der Waals surface area contributed by atoms with Crippen molar-refractivity contribution in [2.75, 3.05) is 26.4 Å². The first-order valence-electron chi connectivity index (χ1n) is 19.5. The lowest BCUT2D eigenvalue weighted by molar-refractivity contribution is -0.141. The average Bonchev–Trinajstić information content (AvgIpc) is 3.05. The van der Waals surface area contributed by atoms with Crippen LogP contribution in [0.4, 0.5) is 0 Å². The number of aliphatic carboxylic acids is 1. The van der Waals surface area contributed by atoms with Crippen LogP contribution in [-0.2, 0) is 14.3 Å². The molecule has 0 radical (unpaired) electrons. The fourth-order valence-electron chi connectivity index (χ4n) is 6.09. The molecule has 0 aromatic rings. The van der Waals surface area contributed by atoms with Crippen LogP contribution in [0.1, 0.15) is 187 Å². The van der Waals surface area contributed by atoms with Gasteiger partial charge in [0.2, 0.25) is 0 Å². The standard InChI is InChI=1S/C38H76O8/c1-2-3-4-20-27-34(45-32-25-18-11-7-5-9-16-23-30-39)37(43)38(44)35(28-21-14-13-15-22-29-36(41)42)46-33-26-19-12-8-6-10-17-24-31-40/h34-35,37-40,43-44H,2-33H2,1H3,(H,41,42). The third-order valence-electron chi connectivity index (χ3n) is 9.10. The number of unbranched alkanes of at least 4 members (excludes halogenated alkanes) is 21. The molecule has 0 saturated carbocycles. The minimum absolute atomic E-state index is 0.213. The molecule has 8 nitrogen and oxygen atoms in total. The highest BCUT2D eigenvalue weighted by Crippen LogP contribution is 2.22. The van der Waals surface area contributed by atoms with E-state index >= 15 is 0 Å². The van der Waals surface area contributed by atoms with Crippen molar-refractivity contribution in [1.82, 2.24) is 0 Å². The Hall–Kier alpha value is -0.770. The molecule has 0 aromatic heterocycles. The molecule has 8 heteroatoms. The Balaban J connectivity index is 4.86. The van der Waals surface area contributed by atoms with Gasteiger partial charge in [-0.05, 0) is 44.9 Å². The minimum atomic E-state index is -1.01. The number of carbonyl (C=O) groups is 1. The SMILES string of the molecule is CCCCCCC(OCCCCCCCCCCO)C(O)C(O)C(CCCCCCCC(=O)O)OCCCCCCCCCCO. The van der Waals surface area contributed by atoms with Gasteiger partial charge in [-0.25, -0.2) is 0 Å². The normalized spacial score (nSPS) is 14.4. The molecule has 5 N–H and O–H groups in total. The first kappa shape index (κ1) is 45.2. The van der Waals surface area contributed by atoms with E-state index < -0.39 is 30.4 Å². The summed E-state index contributed by atoms with van der Waals surface area (Å²) in [5, 5.41) is 49.5. The van der Waals surface area contributed by atoms with Gasteiger partial charge in [-0.15, -0.1) is 0 Å². The molecule has 46 heavy (non-hydrogen) atoms. The lowest BCUT2D eigenvalue weighted by Crippen LogP contribution is -2.46. The molecule has 0 rings (SSSR count). The maximum absolute atomic E-state index is 11.4. The third kappa shape index (κ3) is 29.4. The molecule has 276 valence electrons. The first-order chi connectivity index (χ1) is 22.5. The summed E-state index contributed by atoms with van der Waals surface area (Å²) in [5.74, 6) is -0.746. The van der Waals surface area contributed by atoms with Gasteiger partial charge in [0, 0.05) is 32.8 Å². The zero-order valence-corrected chi connectivity index (χ0v) is 29.9. The van der Waals surface area contributed by atoms with E-state index in [4.69, 9.17) is 24.8 Å². The highest BCUT2D eigenvalue weighted by atomic mass is 16.5. The van der Waals surface area contributed by atoms with E-state index in [9.17, 15) is 15.0 Å². The molecule has 0 fully saturated rings. The van der Waals surface area contributed by atoms with Crippen molar-refractivity contribution in [2.24, 2.45) is 0 Å². The van der Waals surface area contributed by atoms with E-state index in [0.29, 0.717) is 26.1 Å². The molecule has 0 aliphatic heterocycles. The van der Waals surface area contributed by atoms with Crippen molar-refractivity contribution >= 4 is 5.97 Å². The summed E-state index contributed by atoms with van der Waals surface area (Å²) >= 11 is 0. The van der Waals surface area contributed by atoms with Gasteiger partial charge in [0.1, 0.15) is 12.2 Å². The van der Waals surface area contributed by atoms with Crippen LogP contribution >= 0.6 is 0 Å². The molecule has 0 aromatic carbocycles. The maximum atomic E-state index is 11.4. The number of hydrogen-bond donors (Lipinski definition) is 5. The third-order valence-corrected chi connectivity index (χ3v) is 9.10. The topological polar surface area (TPSA) is 137 Å². The summed E-state index contributed by atoms with van der Waals surface area (Å²) in [6, 6.07) is 0. The van der Waals surface area contributed by atoms with Gasteiger partial charge in [-0.3, -0.25) is 4.79 Å². The van der Waals surface area contributed by atoms with E-state index in [1.54, 1.807) is 0 Å². The van der Waals surface area contributed by atoms with Crippen molar-refractivity contribution in [2.45, 2.75) is 211 Å². The van der Waals surface area contributed by atoms with Crippen LogP contribution in [0, 0.1) is 0 Å². The highest BCUT2D eigenvalue weighted by Gasteiger charge is 2.33. The predicted molar refractivity (Wildman–Crippen MR) is 188 cm³/mol. The summed E-state index contributed by atoms with van der Waals surface area (Å²) in [6.45, 7) is 3.92. The van der Waals surface area contributed by atoms with Gasteiger partial charge in [0.15, 0.2) is 0 Å². The number of carboxylic acids is 1.